The Kier molecular flexibility index (Phi) is 5.98. The van der Waals surface area contributed by atoms with Crippen molar-refractivity contribution in [2.75, 3.05) is 11.5 Å². The number of halogens is 2. The molecule has 1 heterocycles. The van der Waals surface area contributed by atoms with E-state index in [-0.39, 0.29) is 33.7 Å². The summed E-state index contributed by atoms with van der Waals surface area (Å²) in [5.74, 6) is -1.86. The largest absolute Gasteiger partial charge is 0.477 e. The van der Waals surface area contributed by atoms with Gasteiger partial charge >= 0.3 is 11.9 Å². The lowest BCUT2D eigenvalue weighted by molar-refractivity contribution is -0.139. The maximum absolute atomic E-state index is 12.6. The van der Waals surface area contributed by atoms with Gasteiger partial charge in [0.25, 0.3) is 0 Å². The summed E-state index contributed by atoms with van der Waals surface area (Å²) in [5.41, 5.74) is 1.04. The number of hydrogen-bond acceptors (Lipinski definition) is 5. The normalized spacial score (nSPS) is 14.5. The molecule has 0 amide bonds. The second-order valence-electron chi connectivity index (χ2n) is 5.42. The molecule has 0 spiro atoms. The van der Waals surface area contributed by atoms with Gasteiger partial charge in [0, 0.05) is 11.4 Å². The summed E-state index contributed by atoms with van der Waals surface area (Å²) in [6.45, 7) is 5.35. The molecule has 1 aromatic rings. The third-order valence-electron chi connectivity index (χ3n) is 3.54. The molecule has 134 valence electrons. The highest BCUT2D eigenvalue weighted by atomic mass is 35.5. The molecule has 6 nitrogen and oxygen atoms in total. The van der Waals surface area contributed by atoms with Crippen molar-refractivity contribution < 1.29 is 19.4 Å². The van der Waals surface area contributed by atoms with E-state index in [1.54, 1.807) is 32.0 Å². The number of nitrogens with zero attached hydrogens (tertiary/aromatic N) is 1. The molecule has 0 radical (unpaired) electrons. The molecule has 25 heavy (non-hydrogen) atoms. The van der Waals surface area contributed by atoms with Crippen molar-refractivity contribution in [3.63, 3.8) is 0 Å². The molecule has 1 aliphatic heterocycles. The maximum atomic E-state index is 12.6. The van der Waals surface area contributed by atoms with Gasteiger partial charge in [0.2, 0.25) is 0 Å². The third-order valence-corrected chi connectivity index (χ3v) is 4.35. The molecule has 0 bridgehead atoms. The summed E-state index contributed by atoms with van der Waals surface area (Å²) in [6, 6.07) is 4.80. The van der Waals surface area contributed by atoms with Crippen LogP contribution in [0.15, 0.2) is 41.0 Å². The Morgan fingerprint density at radius 1 is 1.20 bits per heavy atom. The minimum absolute atomic E-state index is 0.0561. The zero-order chi connectivity index (χ0) is 18.7. The minimum atomic E-state index is -1.21. The van der Waals surface area contributed by atoms with Gasteiger partial charge in [-0.2, -0.15) is 0 Å². The topological polar surface area (TPSA) is 78.9 Å². The number of rotatable bonds is 5. The van der Waals surface area contributed by atoms with E-state index in [0.717, 1.165) is 0 Å². The average molecular weight is 385 g/mol. The van der Waals surface area contributed by atoms with Gasteiger partial charge in [-0.05, 0) is 32.4 Å². The number of hydrogen-bond donors (Lipinski definition) is 2. The number of nitrogens with one attached hydrogen (secondary N) is 1. The van der Waals surface area contributed by atoms with Crippen molar-refractivity contribution in [1.82, 2.24) is 5.32 Å². The van der Waals surface area contributed by atoms with Crippen LogP contribution in [0.25, 0.3) is 0 Å². The summed E-state index contributed by atoms with van der Waals surface area (Å²) < 4.78 is 5.22. The Bertz CT molecular complexity index is 787. The monoisotopic (exact) mass is 384 g/mol. The lowest BCUT2D eigenvalue weighted by atomic mass is 10.1. The fraction of sp³-hybridized carbons (Fsp3) is 0.294. The molecule has 2 N–H and O–H groups in total. The Hall–Kier alpha value is -2.18. The van der Waals surface area contributed by atoms with Crippen molar-refractivity contribution in [3.8, 4) is 0 Å². The molecular formula is C17H18Cl2N2O4. The highest BCUT2D eigenvalue weighted by Gasteiger charge is 2.35. The molecule has 0 saturated carbocycles. The van der Waals surface area contributed by atoms with Crippen molar-refractivity contribution in [2.24, 2.45) is 0 Å². The Morgan fingerprint density at radius 3 is 2.44 bits per heavy atom. The van der Waals surface area contributed by atoms with Gasteiger partial charge in [0.15, 0.2) is 11.4 Å². The third kappa shape index (κ3) is 3.75. The van der Waals surface area contributed by atoms with Crippen LogP contribution in [0.2, 0.25) is 10.0 Å². The van der Waals surface area contributed by atoms with Crippen molar-refractivity contribution >= 4 is 40.8 Å². The number of carbonyl (C=O) groups excluding carboxylic acids is 1. The molecule has 0 aromatic heterocycles. The SMILES string of the molecule is CCCOC(=O)C1=C(C)NC(C)=C(C(=O)O)N1c1cccc(Cl)c1Cl. The van der Waals surface area contributed by atoms with E-state index < -0.39 is 11.9 Å². The van der Waals surface area contributed by atoms with E-state index in [4.69, 9.17) is 27.9 Å². The first-order valence-electron chi connectivity index (χ1n) is 7.62. The van der Waals surface area contributed by atoms with E-state index >= 15 is 0 Å². The van der Waals surface area contributed by atoms with Crippen LogP contribution in [0.5, 0.6) is 0 Å². The Labute approximate surface area is 155 Å². The summed E-state index contributed by atoms with van der Waals surface area (Å²) >= 11 is 12.4. The first-order valence-corrected chi connectivity index (χ1v) is 8.38. The van der Waals surface area contributed by atoms with Crippen LogP contribution in [0.4, 0.5) is 5.69 Å². The maximum Gasteiger partial charge on any atom is 0.357 e. The number of carbonyl (C=O) groups is 2. The average Bonchev–Trinajstić information content (AvgIpc) is 2.54. The van der Waals surface area contributed by atoms with Crippen molar-refractivity contribution in [2.45, 2.75) is 27.2 Å². The van der Waals surface area contributed by atoms with Gasteiger partial charge in [-0.15, -0.1) is 0 Å². The quantitative estimate of drug-likeness (QED) is 0.749. The Balaban J connectivity index is 2.67. The lowest BCUT2D eigenvalue weighted by Gasteiger charge is -2.34. The molecule has 0 aliphatic carbocycles. The number of aliphatic carboxylic acids is 1. The van der Waals surface area contributed by atoms with E-state index in [2.05, 4.69) is 5.32 Å². The van der Waals surface area contributed by atoms with Gasteiger partial charge in [-0.3, -0.25) is 4.90 Å². The van der Waals surface area contributed by atoms with Gasteiger partial charge < -0.3 is 15.2 Å². The molecule has 2 rings (SSSR count). The molecule has 0 atom stereocenters. The van der Waals surface area contributed by atoms with Crippen molar-refractivity contribution in [1.29, 1.82) is 0 Å². The van der Waals surface area contributed by atoms with Crippen LogP contribution in [-0.4, -0.2) is 23.7 Å². The van der Waals surface area contributed by atoms with Crippen LogP contribution >= 0.6 is 23.2 Å². The predicted molar refractivity (Wildman–Crippen MR) is 96.4 cm³/mol. The highest BCUT2D eigenvalue weighted by molar-refractivity contribution is 6.44. The zero-order valence-electron chi connectivity index (χ0n) is 14.0. The van der Waals surface area contributed by atoms with Gasteiger partial charge in [0.1, 0.15) is 0 Å². The smallest absolute Gasteiger partial charge is 0.357 e. The second-order valence-corrected chi connectivity index (χ2v) is 6.21. The van der Waals surface area contributed by atoms with E-state index in [0.29, 0.717) is 17.8 Å². The Morgan fingerprint density at radius 2 is 1.84 bits per heavy atom. The fourth-order valence-corrected chi connectivity index (χ4v) is 2.90. The second kappa shape index (κ2) is 7.80. The summed E-state index contributed by atoms with van der Waals surface area (Å²) in [4.78, 5) is 25.7. The molecule has 1 aliphatic rings. The molecule has 0 unspecified atom stereocenters. The number of allylic oxidation sites excluding steroid dienone is 2. The van der Waals surface area contributed by atoms with Gasteiger partial charge in [0.05, 0.1) is 22.3 Å². The van der Waals surface area contributed by atoms with Crippen LogP contribution in [0.3, 0.4) is 0 Å². The fourth-order valence-electron chi connectivity index (χ4n) is 2.52. The van der Waals surface area contributed by atoms with Gasteiger partial charge in [-0.25, -0.2) is 9.59 Å². The number of anilines is 1. The number of benzene rings is 1. The predicted octanol–water partition coefficient (Wildman–Crippen LogP) is 3.90. The van der Waals surface area contributed by atoms with Crippen molar-refractivity contribution in [3.05, 3.63) is 51.0 Å². The molecule has 1 aromatic carbocycles. The number of carboxylic acid groups (broad SMARTS) is 1. The minimum Gasteiger partial charge on any atom is -0.477 e. The van der Waals surface area contributed by atoms with E-state index in [1.165, 1.54) is 4.90 Å². The standard InChI is InChI=1S/C17H18Cl2N2O4/c1-4-8-25-17(24)15-10(3)20-9(2)14(16(22)23)21(15)12-7-5-6-11(18)13(12)19/h5-7,20H,4,8H2,1-3H3,(H,22,23). The first kappa shape index (κ1) is 19.1. The van der Waals surface area contributed by atoms with E-state index in [1.807, 2.05) is 6.92 Å². The summed E-state index contributed by atoms with van der Waals surface area (Å²) in [6.07, 6.45) is 0.643. The van der Waals surface area contributed by atoms with Crippen LogP contribution in [0, 0.1) is 0 Å². The highest BCUT2D eigenvalue weighted by Crippen LogP contribution is 2.39. The zero-order valence-corrected chi connectivity index (χ0v) is 15.5. The van der Waals surface area contributed by atoms with Crippen LogP contribution in [-0.2, 0) is 14.3 Å². The van der Waals surface area contributed by atoms with Crippen LogP contribution in [0.1, 0.15) is 27.2 Å². The van der Waals surface area contributed by atoms with Gasteiger partial charge in [-0.1, -0.05) is 36.2 Å². The number of carboxylic acids is 1. The summed E-state index contributed by atoms with van der Waals surface area (Å²) in [5, 5.41) is 13.0. The number of esters is 1. The van der Waals surface area contributed by atoms with Crippen LogP contribution < -0.4 is 10.2 Å². The van der Waals surface area contributed by atoms with E-state index in [9.17, 15) is 14.7 Å². The lowest BCUT2D eigenvalue weighted by Crippen LogP contribution is -2.40. The molecule has 0 saturated heterocycles. The molecular weight excluding hydrogens is 367 g/mol. The number of ether oxygens (including phenoxy) is 1. The molecule has 8 heteroatoms. The molecule has 0 fully saturated rings. The first-order chi connectivity index (χ1) is 11.8. The summed E-state index contributed by atoms with van der Waals surface area (Å²) in [7, 11) is 0.